The van der Waals surface area contributed by atoms with Crippen molar-refractivity contribution in [3.05, 3.63) is 59.4 Å². The molecule has 1 saturated heterocycles. The maximum atomic E-state index is 13.8. The first-order valence-electron chi connectivity index (χ1n) is 9.76. The van der Waals surface area contributed by atoms with Crippen molar-refractivity contribution in [3.63, 3.8) is 0 Å². The van der Waals surface area contributed by atoms with Gasteiger partial charge in [-0.3, -0.25) is 9.89 Å². The third-order valence-electron chi connectivity index (χ3n) is 5.06. The van der Waals surface area contributed by atoms with Crippen LogP contribution in [0.1, 0.15) is 17.5 Å². The van der Waals surface area contributed by atoms with E-state index in [-0.39, 0.29) is 35.8 Å². The topological polar surface area (TPSA) is 58.1 Å². The summed E-state index contributed by atoms with van der Waals surface area (Å²) in [6, 6.07) is 13.0. The number of benzene rings is 2. The molecule has 8 heteroatoms. The summed E-state index contributed by atoms with van der Waals surface area (Å²) >= 11 is 0. The van der Waals surface area contributed by atoms with Crippen LogP contribution >= 0.6 is 24.0 Å². The lowest BCUT2D eigenvalue weighted by atomic mass is 10.2. The first-order chi connectivity index (χ1) is 14.1. The Bertz CT molecular complexity index is 827. The molecule has 1 aliphatic rings. The molecule has 0 saturated carbocycles. The maximum absolute atomic E-state index is 13.8. The van der Waals surface area contributed by atoms with Crippen molar-refractivity contribution in [2.75, 3.05) is 34.4 Å². The van der Waals surface area contributed by atoms with E-state index in [1.807, 2.05) is 24.3 Å². The van der Waals surface area contributed by atoms with Gasteiger partial charge in [0.25, 0.3) is 0 Å². The zero-order valence-electron chi connectivity index (χ0n) is 17.7. The van der Waals surface area contributed by atoms with Gasteiger partial charge in [-0.25, -0.2) is 4.39 Å². The summed E-state index contributed by atoms with van der Waals surface area (Å²) in [5, 5.41) is 6.64. The smallest absolute Gasteiger partial charge is 0.191 e. The fraction of sp³-hybridized carbons (Fsp3) is 0.409. The van der Waals surface area contributed by atoms with Gasteiger partial charge in [0.05, 0.1) is 14.2 Å². The molecule has 2 aromatic rings. The summed E-state index contributed by atoms with van der Waals surface area (Å²) in [5.74, 6) is 2.07. The van der Waals surface area contributed by atoms with Gasteiger partial charge >= 0.3 is 0 Å². The minimum atomic E-state index is -0.212. The van der Waals surface area contributed by atoms with Crippen LogP contribution in [0.2, 0.25) is 0 Å². The molecule has 6 nitrogen and oxygen atoms in total. The predicted molar refractivity (Wildman–Crippen MR) is 128 cm³/mol. The van der Waals surface area contributed by atoms with E-state index in [4.69, 9.17) is 9.47 Å². The summed E-state index contributed by atoms with van der Waals surface area (Å²) < 4.78 is 24.5. The van der Waals surface area contributed by atoms with E-state index in [0.717, 1.165) is 43.1 Å². The van der Waals surface area contributed by atoms with E-state index in [2.05, 4.69) is 20.5 Å². The quantitative estimate of drug-likeness (QED) is 0.328. The molecule has 1 unspecified atom stereocenters. The summed E-state index contributed by atoms with van der Waals surface area (Å²) in [7, 11) is 5.05. The minimum absolute atomic E-state index is 0. The lowest BCUT2D eigenvalue weighted by Crippen LogP contribution is -2.44. The molecule has 2 aromatic carbocycles. The second-order valence-electron chi connectivity index (χ2n) is 7.10. The van der Waals surface area contributed by atoms with Crippen LogP contribution in [0.4, 0.5) is 4.39 Å². The van der Waals surface area contributed by atoms with Gasteiger partial charge in [0, 0.05) is 50.9 Å². The molecule has 0 amide bonds. The first-order valence-corrected chi connectivity index (χ1v) is 9.76. The van der Waals surface area contributed by atoms with E-state index < -0.39 is 0 Å². The fourth-order valence-corrected chi connectivity index (χ4v) is 3.52. The summed E-state index contributed by atoms with van der Waals surface area (Å²) in [6.07, 6.45) is 1.02. The van der Waals surface area contributed by atoms with Crippen molar-refractivity contribution in [2.24, 2.45) is 4.99 Å². The van der Waals surface area contributed by atoms with Crippen LogP contribution in [0.5, 0.6) is 11.5 Å². The number of hydrogen-bond acceptors (Lipinski definition) is 4. The summed E-state index contributed by atoms with van der Waals surface area (Å²) in [4.78, 5) is 6.66. The molecule has 1 atom stereocenters. The summed E-state index contributed by atoms with van der Waals surface area (Å²) in [6.45, 7) is 3.11. The van der Waals surface area contributed by atoms with E-state index in [1.54, 1.807) is 33.4 Å². The maximum Gasteiger partial charge on any atom is 0.191 e. The molecule has 30 heavy (non-hydrogen) atoms. The lowest BCUT2D eigenvalue weighted by Gasteiger charge is -2.19. The molecular formula is C22H30FIN4O2. The van der Waals surface area contributed by atoms with Crippen LogP contribution < -0.4 is 20.1 Å². The predicted octanol–water partition coefficient (Wildman–Crippen LogP) is 3.40. The van der Waals surface area contributed by atoms with Crippen LogP contribution in [0, 0.1) is 5.82 Å². The largest absolute Gasteiger partial charge is 0.497 e. The second kappa shape index (κ2) is 11.9. The van der Waals surface area contributed by atoms with Crippen molar-refractivity contribution < 1.29 is 13.9 Å². The van der Waals surface area contributed by atoms with E-state index in [0.29, 0.717) is 18.1 Å². The Balaban J connectivity index is 0.00000320. The van der Waals surface area contributed by atoms with Gasteiger partial charge in [0.1, 0.15) is 17.3 Å². The summed E-state index contributed by atoms with van der Waals surface area (Å²) in [5.41, 5.74) is 1.78. The van der Waals surface area contributed by atoms with Crippen molar-refractivity contribution in [2.45, 2.75) is 25.6 Å². The van der Waals surface area contributed by atoms with Crippen molar-refractivity contribution in [1.29, 1.82) is 0 Å². The number of nitrogens with one attached hydrogen (secondary N) is 2. The Kier molecular flexibility index (Phi) is 9.64. The van der Waals surface area contributed by atoms with Crippen LogP contribution in [0.25, 0.3) is 0 Å². The monoisotopic (exact) mass is 528 g/mol. The molecule has 2 N–H and O–H groups in total. The van der Waals surface area contributed by atoms with E-state index in [9.17, 15) is 4.39 Å². The van der Waals surface area contributed by atoms with Crippen molar-refractivity contribution in [1.82, 2.24) is 15.5 Å². The first kappa shape index (κ1) is 24.2. The highest BCUT2D eigenvalue weighted by Gasteiger charge is 2.23. The van der Waals surface area contributed by atoms with Crippen molar-refractivity contribution in [3.8, 4) is 11.5 Å². The number of nitrogens with zero attached hydrogens (tertiary/aromatic N) is 2. The SMILES string of the molecule is CN=C(NCc1ccccc1F)NC1CCN(Cc2cc(OC)cc(OC)c2)C1.I. The molecule has 164 valence electrons. The molecule has 1 heterocycles. The zero-order chi connectivity index (χ0) is 20.6. The third-order valence-corrected chi connectivity index (χ3v) is 5.06. The lowest BCUT2D eigenvalue weighted by molar-refractivity contribution is 0.321. The van der Waals surface area contributed by atoms with Crippen LogP contribution in [0.15, 0.2) is 47.5 Å². The Morgan fingerprint density at radius 2 is 1.87 bits per heavy atom. The third kappa shape index (κ3) is 6.73. The van der Waals surface area contributed by atoms with Gasteiger partial charge in [-0.2, -0.15) is 0 Å². The van der Waals surface area contributed by atoms with E-state index in [1.165, 1.54) is 6.07 Å². The Labute approximate surface area is 194 Å². The van der Waals surface area contributed by atoms with Gasteiger partial charge in [0.15, 0.2) is 5.96 Å². The number of methoxy groups -OCH3 is 2. The molecular weight excluding hydrogens is 498 g/mol. The minimum Gasteiger partial charge on any atom is -0.497 e. The highest BCUT2D eigenvalue weighted by atomic mass is 127. The Morgan fingerprint density at radius 3 is 2.50 bits per heavy atom. The molecule has 3 rings (SSSR count). The van der Waals surface area contributed by atoms with Crippen LogP contribution in [0.3, 0.4) is 0 Å². The average molecular weight is 528 g/mol. The Hall–Kier alpha value is -2.07. The Morgan fingerprint density at radius 1 is 1.17 bits per heavy atom. The van der Waals surface area contributed by atoms with Gasteiger partial charge in [-0.1, -0.05) is 18.2 Å². The molecule has 1 fully saturated rings. The van der Waals surface area contributed by atoms with Crippen molar-refractivity contribution >= 4 is 29.9 Å². The molecule has 1 aliphatic heterocycles. The molecule has 0 spiro atoms. The van der Waals surface area contributed by atoms with E-state index >= 15 is 0 Å². The molecule has 0 aromatic heterocycles. The number of guanidine groups is 1. The number of hydrogen-bond donors (Lipinski definition) is 2. The van der Waals surface area contributed by atoms with Crippen LogP contribution in [-0.4, -0.2) is 51.3 Å². The molecule has 0 aliphatic carbocycles. The molecule has 0 radical (unpaired) electrons. The zero-order valence-corrected chi connectivity index (χ0v) is 20.0. The number of ether oxygens (including phenoxy) is 2. The normalized spacial score (nSPS) is 16.7. The van der Waals surface area contributed by atoms with Crippen LogP contribution in [-0.2, 0) is 13.1 Å². The van der Waals surface area contributed by atoms with Gasteiger partial charge < -0.3 is 20.1 Å². The van der Waals surface area contributed by atoms with Gasteiger partial charge in [-0.15, -0.1) is 24.0 Å². The standard InChI is InChI=1S/C22H29FN4O2.HI/c1-24-22(25-13-17-6-4-5-7-21(17)23)26-18-8-9-27(15-18)14-16-10-19(28-2)12-20(11-16)29-3;/h4-7,10-12,18H,8-9,13-15H2,1-3H3,(H2,24,25,26);1H. The fourth-order valence-electron chi connectivity index (χ4n) is 3.52. The second-order valence-corrected chi connectivity index (χ2v) is 7.10. The average Bonchev–Trinajstić information content (AvgIpc) is 3.18. The highest BCUT2D eigenvalue weighted by Crippen LogP contribution is 2.24. The number of likely N-dealkylation sites (tertiary alicyclic amines) is 1. The number of halogens is 2. The number of aliphatic imine (C=N–C) groups is 1. The van der Waals surface area contributed by atoms with Gasteiger partial charge in [-0.05, 0) is 30.2 Å². The van der Waals surface area contributed by atoms with Gasteiger partial charge in [0.2, 0.25) is 0 Å². The number of rotatable bonds is 7. The molecule has 0 bridgehead atoms. The highest BCUT2D eigenvalue weighted by molar-refractivity contribution is 14.0.